The molecule has 0 saturated carbocycles. The smallest absolute Gasteiger partial charge is 0.272 e. The van der Waals surface area contributed by atoms with Crippen molar-refractivity contribution in [2.24, 2.45) is 0 Å². The third kappa shape index (κ3) is 4.39. The molecule has 0 bridgehead atoms. The summed E-state index contributed by atoms with van der Waals surface area (Å²) in [6.45, 7) is 6.06. The fraction of sp³-hybridized carbons (Fsp3) is 0.700. The molecule has 1 N–H and O–H groups in total. The molecule has 0 unspecified atom stereocenters. The van der Waals surface area contributed by atoms with Gasteiger partial charge in [0.15, 0.2) is 17.3 Å². The second-order valence-electron chi connectivity index (χ2n) is 8.32. The van der Waals surface area contributed by atoms with Crippen LogP contribution in [0.3, 0.4) is 0 Å². The van der Waals surface area contributed by atoms with Crippen molar-refractivity contribution in [3.63, 3.8) is 0 Å². The fourth-order valence-electron chi connectivity index (χ4n) is 4.06. The van der Waals surface area contributed by atoms with Gasteiger partial charge in [0.25, 0.3) is 6.43 Å². The molecule has 0 amide bonds. The number of methoxy groups -OCH3 is 1. The van der Waals surface area contributed by atoms with E-state index in [0.29, 0.717) is 37.1 Å². The summed E-state index contributed by atoms with van der Waals surface area (Å²) >= 11 is 0. The predicted molar refractivity (Wildman–Crippen MR) is 97.7 cm³/mol. The number of benzene rings is 1. The molecular formula is C20H28F3NO4. The third-order valence-corrected chi connectivity index (χ3v) is 5.16. The van der Waals surface area contributed by atoms with Crippen LogP contribution in [0.1, 0.15) is 44.4 Å². The Kier molecular flexibility index (Phi) is 6.12. The van der Waals surface area contributed by atoms with Crippen molar-refractivity contribution in [2.45, 2.75) is 63.9 Å². The minimum absolute atomic E-state index is 0.0845. The summed E-state index contributed by atoms with van der Waals surface area (Å²) in [5, 5.41) is 10.6. The van der Waals surface area contributed by atoms with Crippen molar-refractivity contribution in [1.29, 1.82) is 0 Å². The van der Waals surface area contributed by atoms with Gasteiger partial charge in [0.2, 0.25) is 0 Å². The van der Waals surface area contributed by atoms with Crippen LogP contribution in [0, 0.1) is 5.82 Å². The lowest BCUT2D eigenvalue weighted by Gasteiger charge is -2.46. The molecular weight excluding hydrogens is 375 g/mol. The summed E-state index contributed by atoms with van der Waals surface area (Å²) in [6.07, 6.45) is -2.89. The van der Waals surface area contributed by atoms with Crippen molar-refractivity contribution in [3.8, 4) is 11.5 Å². The second-order valence-corrected chi connectivity index (χ2v) is 8.32. The zero-order chi connectivity index (χ0) is 20.6. The van der Waals surface area contributed by atoms with Crippen molar-refractivity contribution < 1.29 is 32.5 Å². The summed E-state index contributed by atoms with van der Waals surface area (Å²) in [5.41, 5.74) is 0.769. The quantitative estimate of drug-likeness (QED) is 0.818. The van der Waals surface area contributed by atoms with Crippen LogP contribution >= 0.6 is 0 Å². The molecule has 2 aliphatic heterocycles. The van der Waals surface area contributed by atoms with E-state index >= 15 is 4.39 Å². The average Bonchev–Trinajstić information content (AvgIpc) is 2.60. The number of halogens is 3. The molecule has 2 heterocycles. The van der Waals surface area contributed by atoms with E-state index in [1.807, 2.05) is 20.8 Å². The molecule has 3 rings (SSSR count). The van der Waals surface area contributed by atoms with Gasteiger partial charge in [-0.2, -0.15) is 0 Å². The summed E-state index contributed by atoms with van der Waals surface area (Å²) in [6, 6.07) is 1.46. The van der Waals surface area contributed by atoms with E-state index in [4.69, 9.17) is 14.2 Å². The number of aliphatic hydroxyl groups is 1. The molecule has 5 nitrogen and oxygen atoms in total. The normalized spacial score (nSPS) is 25.4. The van der Waals surface area contributed by atoms with Gasteiger partial charge in [0.05, 0.1) is 24.9 Å². The highest BCUT2D eigenvalue weighted by Gasteiger charge is 2.41. The van der Waals surface area contributed by atoms with Gasteiger partial charge in [-0.05, 0) is 50.8 Å². The van der Waals surface area contributed by atoms with E-state index in [2.05, 4.69) is 4.90 Å². The molecule has 1 fully saturated rings. The average molecular weight is 403 g/mol. The minimum atomic E-state index is -2.70. The Morgan fingerprint density at radius 3 is 2.64 bits per heavy atom. The SMILES string of the molecule is COc1cc2c(c(F)c1OCC(F)F)CCN1C[C@@H](OC(C)(C)C)[C@H](O)C[C@H]21. The van der Waals surface area contributed by atoms with Gasteiger partial charge in [0, 0.05) is 19.1 Å². The van der Waals surface area contributed by atoms with Gasteiger partial charge in [0.1, 0.15) is 6.61 Å². The summed E-state index contributed by atoms with van der Waals surface area (Å²) in [5.74, 6) is -0.848. The predicted octanol–water partition coefficient (Wildman–Crippen LogP) is 3.33. The lowest BCUT2D eigenvalue weighted by atomic mass is 9.84. The number of hydrogen-bond acceptors (Lipinski definition) is 5. The Balaban J connectivity index is 1.89. The van der Waals surface area contributed by atoms with Crippen LogP contribution in [0.2, 0.25) is 0 Å². The van der Waals surface area contributed by atoms with Crippen LogP contribution in [-0.4, -0.2) is 61.0 Å². The van der Waals surface area contributed by atoms with E-state index in [1.165, 1.54) is 7.11 Å². The number of nitrogens with zero attached hydrogens (tertiary/aromatic N) is 1. The Hall–Kier alpha value is -1.51. The number of piperidine rings is 1. The van der Waals surface area contributed by atoms with Gasteiger partial charge >= 0.3 is 0 Å². The molecule has 3 atom stereocenters. The molecule has 1 aromatic rings. The summed E-state index contributed by atoms with van der Waals surface area (Å²) in [7, 11) is 1.35. The first-order valence-electron chi connectivity index (χ1n) is 9.51. The standard InChI is InChI=1S/C20H28F3NO4/c1-20(2,3)28-16-9-24-6-5-11-12(13(24)8-14(16)25)7-15(26-4)19(18(11)23)27-10-17(21)22/h7,13-14,16-17,25H,5-6,8-10H2,1-4H3/t13-,14-,16-/m1/s1. The highest BCUT2D eigenvalue weighted by atomic mass is 19.3. The zero-order valence-electron chi connectivity index (χ0n) is 16.7. The highest BCUT2D eigenvalue weighted by Crippen LogP contribution is 2.44. The fourth-order valence-corrected chi connectivity index (χ4v) is 4.06. The molecule has 1 aromatic carbocycles. The molecule has 0 radical (unpaired) electrons. The second kappa shape index (κ2) is 8.08. The maximum Gasteiger partial charge on any atom is 0.272 e. The molecule has 0 spiro atoms. The van der Waals surface area contributed by atoms with Crippen LogP contribution in [-0.2, 0) is 11.2 Å². The number of alkyl halides is 2. The first-order valence-corrected chi connectivity index (χ1v) is 9.51. The van der Waals surface area contributed by atoms with Gasteiger partial charge in [-0.1, -0.05) is 0 Å². The first kappa shape index (κ1) is 21.2. The van der Waals surface area contributed by atoms with E-state index in [9.17, 15) is 13.9 Å². The molecule has 1 saturated heterocycles. The van der Waals surface area contributed by atoms with E-state index in [1.54, 1.807) is 6.07 Å². The van der Waals surface area contributed by atoms with Gasteiger partial charge < -0.3 is 19.3 Å². The van der Waals surface area contributed by atoms with E-state index in [-0.39, 0.29) is 29.2 Å². The maximum absolute atomic E-state index is 15.1. The lowest BCUT2D eigenvalue weighted by Crippen LogP contribution is -2.53. The van der Waals surface area contributed by atoms with Crippen molar-refractivity contribution >= 4 is 0 Å². The largest absolute Gasteiger partial charge is 0.493 e. The molecule has 0 aromatic heterocycles. The van der Waals surface area contributed by atoms with Crippen LogP contribution in [0.4, 0.5) is 13.2 Å². The molecule has 158 valence electrons. The summed E-state index contributed by atoms with van der Waals surface area (Å²) in [4.78, 5) is 2.17. The van der Waals surface area contributed by atoms with Gasteiger partial charge in [-0.25, -0.2) is 13.2 Å². The van der Waals surface area contributed by atoms with E-state index in [0.717, 1.165) is 0 Å². The number of ether oxygens (including phenoxy) is 3. The molecule has 28 heavy (non-hydrogen) atoms. The number of fused-ring (bicyclic) bond motifs is 3. The van der Waals surface area contributed by atoms with Crippen molar-refractivity contribution in [1.82, 2.24) is 4.90 Å². The Morgan fingerprint density at radius 1 is 1.32 bits per heavy atom. The molecule has 8 heteroatoms. The minimum Gasteiger partial charge on any atom is -0.493 e. The van der Waals surface area contributed by atoms with Gasteiger partial charge in [-0.15, -0.1) is 0 Å². The number of aliphatic hydroxyl groups excluding tert-OH is 1. The maximum atomic E-state index is 15.1. The Bertz CT molecular complexity index is 708. The monoisotopic (exact) mass is 403 g/mol. The Morgan fingerprint density at radius 2 is 2.04 bits per heavy atom. The lowest BCUT2D eigenvalue weighted by molar-refractivity contribution is -0.149. The number of rotatable bonds is 5. The molecule has 0 aliphatic carbocycles. The first-order chi connectivity index (χ1) is 13.1. The van der Waals surface area contributed by atoms with Crippen molar-refractivity contribution in [3.05, 3.63) is 23.0 Å². The number of hydrogen-bond donors (Lipinski definition) is 1. The van der Waals surface area contributed by atoms with Crippen LogP contribution in [0.15, 0.2) is 6.07 Å². The summed E-state index contributed by atoms with van der Waals surface area (Å²) < 4.78 is 56.2. The van der Waals surface area contributed by atoms with Crippen LogP contribution in [0.5, 0.6) is 11.5 Å². The highest BCUT2D eigenvalue weighted by molar-refractivity contribution is 5.51. The zero-order valence-corrected chi connectivity index (χ0v) is 16.7. The third-order valence-electron chi connectivity index (χ3n) is 5.16. The van der Waals surface area contributed by atoms with Crippen LogP contribution < -0.4 is 9.47 Å². The molecule has 2 aliphatic rings. The Labute approximate surface area is 163 Å². The van der Waals surface area contributed by atoms with Crippen LogP contribution in [0.25, 0.3) is 0 Å². The van der Waals surface area contributed by atoms with E-state index < -0.39 is 25.0 Å². The topological polar surface area (TPSA) is 51.2 Å². The van der Waals surface area contributed by atoms with Gasteiger partial charge in [-0.3, -0.25) is 4.90 Å². The van der Waals surface area contributed by atoms with Crippen molar-refractivity contribution in [2.75, 3.05) is 26.8 Å².